The van der Waals surface area contributed by atoms with Crippen molar-refractivity contribution < 1.29 is 24.3 Å². The van der Waals surface area contributed by atoms with Crippen molar-refractivity contribution in [3.05, 3.63) is 70.9 Å². The van der Waals surface area contributed by atoms with Crippen molar-refractivity contribution in [2.45, 2.75) is 64.7 Å². The third-order valence-corrected chi connectivity index (χ3v) is 8.18. The molecule has 2 aromatic carbocycles. The molecule has 2 aliphatic rings. The minimum Gasteiger partial charge on any atom is -0.480 e. The van der Waals surface area contributed by atoms with Gasteiger partial charge in [-0.25, -0.2) is 4.79 Å². The van der Waals surface area contributed by atoms with Crippen LogP contribution in [0.2, 0.25) is 0 Å². The summed E-state index contributed by atoms with van der Waals surface area (Å²) in [5.74, 6) is -2.93. The fourth-order valence-corrected chi connectivity index (χ4v) is 5.85. The number of nitrogens with one attached hydrogen (secondary N) is 3. The zero-order valence-corrected chi connectivity index (χ0v) is 22.5. The smallest absolute Gasteiger partial charge is 0.326 e. The van der Waals surface area contributed by atoms with Gasteiger partial charge in [-0.05, 0) is 35.1 Å². The molecule has 3 amide bonds. The Morgan fingerprint density at radius 1 is 1.03 bits per heavy atom. The lowest BCUT2D eigenvalue weighted by Crippen LogP contribution is -2.59. The quantitative estimate of drug-likeness (QED) is 0.355. The topological polar surface area (TPSA) is 132 Å². The fraction of sp³-hybridized carbons (Fsp3) is 0.400. The van der Waals surface area contributed by atoms with E-state index in [-0.39, 0.29) is 17.7 Å². The summed E-state index contributed by atoms with van der Waals surface area (Å²) in [6.45, 7) is 7.18. The number of carbonyl (C=O) groups is 4. The first-order valence-corrected chi connectivity index (χ1v) is 13.5. The Morgan fingerprint density at radius 3 is 2.41 bits per heavy atom. The van der Waals surface area contributed by atoms with Crippen LogP contribution in [0.3, 0.4) is 0 Å². The molecule has 0 saturated heterocycles. The first-order valence-electron chi connectivity index (χ1n) is 13.5. The molecule has 0 fully saturated rings. The lowest BCUT2D eigenvalue weighted by atomic mass is 9.89. The number of carboxylic acids is 1. The molecule has 39 heavy (non-hydrogen) atoms. The number of rotatable bonds is 8. The van der Waals surface area contributed by atoms with Crippen molar-refractivity contribution in [1.29, 1.82) is 0 Å². The van der Waals surface area contributed by atoms with E-state index in [0.717, 1.165) is 27.7 Å². The van der Waals surface area contributed by atoms with E-state index in [0.29, 0.717) is 18.4 Å². The van der Waals surface area contributed by atoms with Gasteiger partial charge in [-0.3, -0.25) is 14.4 Å². The molecule has 5 rings (SSSR count). The number of nitrogens with zero attached hydrogens (tertiary/aromatic N) is 1. The maximum absolute atomic E-state index is 14.0. The highest BCUT2D eigenvalue weighted by Gasteiger charge is 2.49. The summed E-state index contributed by atoms with van der Waals surface area (Å²) in [4.78, 5) is 57.8. The Kier molecular flexibility index (Phi) is 6.92. The molecular formula is C30H34N4O5. The van der Waals surface area contributed by atoms with E-state index < -0.39 is 42.0 Å². The van der Waals surface area contributed by atoms with Crippen LogP contribution in [0, 0.1) is 11.8 Å². The Hall–Kier alpha value is -4.14. The highest BCUT2D eigenvalue weighted by atomic mass is 16.4. The number of amides is 3. The number of aromatic amines is 1. The van der Waals surface area contributed by atoms with E-state index in [1.54, 1.807) is 24.8 Å². The van der Waals surface area contributed by atoms with E-state index in [1.165, 1.54) is 0 Å². The van der Waals surface area contributed by atoms with Gasteiger partial charge in [0.05, 0.1) is 6.04 Å². The third-order valence-electron chi connectivity index (χ3n) is 8.18. The number of aliphatic carboxylic acids is 1. The Balaban J connectivity index is 1.51. The Bertz CT molecular complexity index is 1460. The molecule has 0 radical (unpaired) electrons. The number of hydrogen-bond donors (Lipinski definition) is 4. The second kappa shape index (κ2) is 10.2. The fourth-order valence-electron chi connectivity index (χ4n) is 5.85. The van der Waals surface area contributed by atoms with Gasteiger partial charge in [-0.15, -0.1) is 0 Å². The third kappa shape index (κ3) is 4.45. The SMILES string of the molecule is CC[C@H](C)[C@H](NC(=O)[C@@H]1Cc2c([nH]c3ccccc23)[C@H]2c3ccccc3C(=O)N21)C(=O)N[C@H](C(=O)O)C(C)C. The standard InChI is InChI=1S/C30H34N4O5/c1-5-16(4)24(28(36)32-23(15(2)3)30(38)39)33-27(35)22-14-20-17-10-8-9-13-21(17)31-25(20)26-18-11-6-7-12-19(18)29(37)34(22)26/h6-13,15-16,22-24,26,31H,5,14H2,1-4H3,(H,32,36)(H,33,35)(H,38,39)/t16-,22-,23-,24-,26+/m0/s1. The van der Waals surface area contributed by atoms with Gasteiger partial charge in [0.25, 0.3) is 5.91 Å². The predicted molar refractivity (Wildman–Crippen MR) is 146 cm³/mol. The Labute approximate surface area is 227 Å². The highest BCUT2D eigenvalue weighted by molar-refractivity contribution is 6.04. The van der Waals surface area contributed by atoms with Crippen LogP contribution in [0.5, 0.6) is 0 Å². The minimum atomic E-state index is -1.13. The van der Waals surface area contributed by atoms with Gasteiger partial charge in [0.1, 0.15) is 18.1 Å². The summed E-state index contributed by atoms with van der Waals surface area (Å²) in [6.07, 6.45) is 0.881. The Morgan fingerprint density at radius 2 is 1.72 bits per heavy atom. The molecule has 0 bridgehead atoms. The first-order chi connectivity index (χ1) is 18.6. The van der Waals surface area contributed by atoms with Gasteiger partial charge < -0.3 is 25.6 Å². The molecule has 3 heterocycles. The average Bonchev–Trinajstić information content (AvgIpc) is 3.44. The van der Waals surface area contributed by atoms with Crippen molar-refractivity contribution >= 4 is 34.6 Å². The number of para-hydroxylation sites is 1. The van der Waals surface area contributed by atoms with Gasteiger partial charge in [0, 0.05) is 28.6 Å². The van der Waals surface area contributed by atoms with Crippen LogP contribution in [0.25, 0.3) is 10.9 Å². The molecule has 1 aromatic heterocycles. The lowest BCUT2D eigenvalue weighted by molar-refractivity contribution is -0.144. The second-order valence-electron chi connectivity index (χ2n) is 10.9. The molecule has 9 nitrogen and oxygen atoms in total. The summed E-state index contributed by atoms with van der Waals surface area (Å²) in [6, 6.07) is 11.9. The van der Waals surface area contributed by atoms with Crippen LogP contribution in [0.1, 0.15) is 67.3 Å². The summed E-state index contributed by atoms with van der Waals surface area (Å²) < 4.78 is 0. The van der Waals surface area contributed by atoms with Crippen LogP contribution in [0.15, 0.2) is 48.5 Å². The molecule has 0 saturated carbocycles. The molecular weight excluding hydrogens is 496 g/mol. The maximum Gasteiger partial charge on any atom is 0.326 e. The van der Waals surface area contributed by atoms with E-state index in [9.17, 15) is 24.3 Å². The normalized spacial score (nSPS) is 20.1. The number of fused-ring (bicyclic) bond motifs is 7. The number of carboxylic acid groups (broad SMARTS) is 1. The van der Waals surface area contributed by atoms with Gasteiger partial charge >= 0.3 is 5.97 Å². The van der Waals surface area contributed by atoms with Crippen molar-refractivity contribution in [1.82, 2.24) is 20.5 Å². The average molecular weight is 531 g/mol. The molecule has 0 aliphatic carbocycles. The van der Waals surface area contributed by atoms with Crippen LogP contribution in [-0.4, -0.2) is 56.8 Å². The molecule has 0 unspecified atom stereocenters. The van der Waals surface area contributed by atoms with Gasteiger partial charge in [-0.1, -0.05) is 70.5 Å². The van der Waals surface area contributed by atoms with E-state index in [2.05, 4.69) is 15.6 Å². The number of H-pyrrole nitrogens is 1. The summed E-state index contributed by atoms with van der Waals surface area (Å²) in [5, 5.41) is 16.1. The van der Waals surface area contributed by atoms with E-state index in [1.807, 2.05) is 56.3 Å². The largest absolute Gasteiger partial charge is 0.480 e. The molecule has 5 atom stereocenters. The van der Waals surface area contributed by atoms with Crippen LogP contribution >= 0.6 is 0 Å². The number of aromatic nitrogens is 1. The van der Waals surface area contributed by atoms with Crippen molar-refractivity contribution in [2.24, 2.45) is 11.8 Å². The second-order valence-corrected chi connectivity index (χ2v) is 10.9. The van der Waals surface area contributed by atoms with Gasteiger partial charge in [0.15, 0.2) is 0 Å². The molecule has 2 aliphatic heterocycles. The molecule has 204 valence electrons. The molecule has 9 heteroatoms. The number of benzene rings is 2. The minimum absolute atomic E-state index is 0.227. The van der Waals surface area contributed by atoms with E-state index in [4.69, 9.17) is 0 Å². The summed E-state index contributed by atoms with van der Waals surface area (Å²) >= 11 is 0. The van der Waals surface area contributed by atoms with Crippen LogP contribution in [-0.2, 0) is 20.8 Å². The maximum atomic E-state index is 14.0. The number of hydrogen-bond acceptors (Lipinski definition) is 4. The van der Waals surface area contributed by atoms with Crippen molar-refractivity contribution in [3.8, 4) is 0 Å². The van der Waals surface area contributed by atoms with Crippen molar-refractivity contribution in [3.63, 3.8) is 0 Å². The molecule has 4 N–H and O–H groups in total. The predicted octanol–water partition coefficient (Wildman–Crippen LogP) is 3.39. The zero-order valence-electron chi connectivity index (χ0n) is 22.5. The monoisotopic (exact) mass is 530 g/mol. The first kappa shape index (κ1) is 26.5. The van der Waals surface area contributed by atoms with Crippen LogP contribution < -0.4 is 10.6 Å². The van der Waals surface area contributed by atoms with Gasteiger partial charge in [0.2, 0.25) is 11.8 Å². The highest BCUT2D eigenvalue weighted by Crippen LogP contribution is 2.46. The number of carbonyl (C=O) groups excluding carboxylic acids is 3. The molecule has 3 aromatic rings. The van der Waals surface area contributed by atoms with Crippen molar-refractivity contribution in [2.75, 3.05) is 0 Å². The summed E-state index contributed by atoms with van der Waals surface area (Å²) in [5.41, 5.74) is 4.21. The summed E-state index contributed by atoms with van der Waals surface area (Å²) in [7, 11) is 0. The van der Waals surface area contributed by atoms with Crippen LogP contribution in [0.4, 0.5) is 0 Å². The molecule has 0 spiro atoms. The zero-order chi connectivity index (χ0) is 28.0. The lowest BCUT2D eigenvalue weighted by Gasteiger charge is -2.38. The van der Waals surface area contributed by atoms with Gasteiger partial charge in [-0.2, -0.15) is 0 Å². The van der Waals surface area contributed by atoms with E-state index >= 15 is 0 Å².